The molecule has 2 nitrogen and oxygen atoms in total. The van der Waals surface area contributed by atoms with Crippen molar-refractivity contribution < 1.29 is 4.42 Å². The van der Waals surface area contributed by atoms with E-state index in [0.717, 1.165) is 22.4 Å². The van der Waals surface area contributed by atoms with Crippen molar-refractivity contribution in [2.75, 3.05) is 0 Å². The van der Waals surface area contributed by atoms with Crippen LogP contribution in [0.2, 0.25) is 0 Å². The quantitative estimate of drug-likeness (QED) is 0.264. The molecule has 0 saturated heterocycles. The van der Waals surface area contributed by atoms with E-state index in [-0.39, 0.29) is 5.41 Å². The average Bonchev–Trinajstić information content (AvgIpc) is 3.38. The highest BCUT2D eigenvalue weighted by Crippen LogP contribution is 2.44. The number of aromatic nitrogens is 1. The highest BCUT2D eigenvalue weighted by Gasteiger charge is 2.21. The molecule has 3 heterocycles. The van der Waals surface area contributed by atoms with Gasteiger partial charge >= 0.3 is 0 Å². The molecule has 6 rings (SSSR count). The SMILES string of the molecule is Cc1c(-c2cc3ccccc3o2)sc2c(-c3cc(C(C)(C)C)c4ccccc4c3)nccc12. The van der Waals surface area contributed by atoms with E-state index in [1.54, 1.807) is 11.3 Å². The Kier molecular flexibility index (Phi) is 4.46. The molecule has 0 unspecified atom stereocenters. The summed E-state index contributed by atoms with van der Waals surface area (Å²) in [6.07, 6.45) is 1.94. The Balaban J connectivity index is 1.60. The van der Waals surface area contributed by atoms with Gasteiger partial charge in [-0.05, 0) is 70.0 Å². The van der Waals surface area contributed by atoms with Gasteiger partial charge in [0.25, 0.3) is 0 Å². The van der Waals surface area contributed by atoms with Crippen LogP contribution in [0.3, 0.4) is 0 Å². The summed E-state index contributed by atoms with van der Waals surface area (Å²) in [7, 11) is 0. The Hall–Kier alpha value is -3.43. The van der Waals surface area contributed by atoms with E-state index in [4.69, 9.17) is 9.40 Å². The monoisotopic (exact) mass is 447 g/mol. The molecule has 0 radical (unpaired) electrons. The molecule has 0 amide bonds. The summed E-state index contributed by atoms with van der Waals surface area (Å²) in [4.78, 5) is 6.05. The topological polar surface area (TPSA) is 26.0 Å². The average molecular weight is 448 g/mol. The fourth-order valence-corrected chi connectivity index (χ4v) is 6.02. The van der Waals surface area contributed by atoms with Gasteiger partial charge in [-0.1, -0.05) is 63.2 Å². The fourth-order valence-electron chi connectivity index (χ4n) is 4.75. The highest BCUT2D eigenvalue weighted by molar-refractivity contribution is 7.23. The van der Waals surface area contributed by atoms with Gasteiger partial charge in [-0.3, -0.25) is 4.98 Å². The molecule has 33 heavy (non-hydrogen) atoms. The van der Waals surface area contributed by atoms with Gasteiger partial charge in [0.2, 0.25) is 0 Å². The maximum atomic E-state index is 6.22. The lowest BCUT2D eigenvalue weighted by Gasteiger charge is -2.22. The summed E-state index contributed by atoms with van der Waals surface area (Å²) in [5.41, 5.74) is 5.76. The van der Waals surface area contributed by atoms with Crippen LogP contribution in [0.15, 0.2) is 83.4 Å². The third kappa shape index (κ3) is 3.27. The summed E-state index contributed by atoms with van der Waals surface area (Å²) >= 11 is 1.78. The van der Waals surface area contributed by atoms with Gasteiger partial charge in [0.15, 0.2) is 0 Å². The Morgan fingerprint density at radius 1 is 0.818 bits per heavy atom. The molecule has 3 aromatic carbocycles. The number of furan rings is 1. The van der Waals surface area contributed by atoms with Crippen LogP contribution >= 0.6 is 11.3 Å². The van der Waals surface area contributed by atoms with Crippen molar-refractivity contribution >= 4 is 43.2 Å². The summed E-state index contributed by atoms with van der Waals surface area (Å²) in [6.45, 7) is 9.02. The van der Waals surface area contributed by atoms with Crippen LogP contribution in [-0.2, 0) is 5.41 Å². The molecule has 3 aromatic heterocycles. The molecule has 162 valence electrons. The van der Waals surface area contributed by atoms with Crippen molar-refractivity contribution in [3.8, 4) is 21.9 Å². The highest BCUT2D eigenvalue weighted by atomic mass is 32.1. The van der Waals surface area contributed by atoms with Crippen molar-refractivity contribution in [3.05, 3.63) is 90.1 Å². The Morgan fingerprint density at radius 3 is 2.36 bits per heavy atom. The normalized spacial score (nSPS) is 12.2. The minimum absolute atomic E-state index is 0.0360. The van der Waals surface area contributed by atoms with Crippen LogP contribution in [-0.4, -0.2) is 4.98 Å². The summed E-state index contributed by atoms with van der Waals surface area (Å²) in [6, 6.07) is 25.7. The predicted octanol–water partition coefficient (Wildman–Crippen LogP) is 9.14. The van der Waals surface area contributed by atoms with Crippen molar-refractivity contribution in [3.63, 3.8) is 0 Å². The molecule has 0 bridgehead atoms. The van der Waals surface area contributed by atoms with E-state index in [1.165, 1.54) is 42.4 Å². The van der Waals surface area contributed by atoms with Crippen LogP contribution in [0, 0.1) is 6.92 Å². The standard InChI is InChI=1S/C30H25NOS/c1-18-22-13-14-31-27(21-15-19-9-5-7-11-23(19)24(16-21)30(2,3)4)29(22)33-28(18)26-17-20-10-6-8-12-25(20)32-26/h5-17H,1-4H3. The number of thiophene rings is 1. The van der Waals surface area contributed by atoms with E-state index in [2.05, 4.69) is 82.3 Å². The zero-order valence-corrected chi connectivity index (χ0v) is 20.1. The lowest BCUT2D eigenvalue weighted by molar-refractivity contribution is 0.596. The Bertz CT molecular complexity index is 1630. The third-order valence-electron chi connectivity index (χ3n) is 6.45. The first-order valence-corrected chi connectivity index (χ1v) is 12.1. The van der Waals surface area contributed by atoms with E-state index in [1.807, 2.05) is 24.4 Å². The van der Waals surface area contributed by atoms with Gasteiger partial charge in [-0.25, -0.2) is 0 Å². The first kappa shape index (κ1) is 20.2. The van der Waals surface area contributed by atoms with E-state index < -0.39 is 0 Å². The van der Waals surface area contributed by atoms with Gasteiger partial charge in [-0.2, -0.15) is 0 Å². The molecule has 0 saturated carbocycles. The zero-order chi connectivity index (χ0) is 22.7. The van der Waals surface area contributed by atoms with Crippen LogP contribution in [0.1, 0.15) is 31.9 Å². The number of nitrogens with zero attached hydrogens (tertiary/aromatic N) is 1. The second-order valence-corrected chi connectivity index (χ2v) is 10.8. The van der Waals surface area contributed by atoms with Gasteiger partial charge in [0.05, 0.1) is 15.3 Å². The number of pyridine rings is 1. The Morgan fingerprint density at radius 2 is 1.58 bits per heavy atom. The lowest BCUT2D eigenvalue weighted by atomic mass is 9.82. The molecule has 0 aliphatic carbocycles. The molecule has 0 N–H and O–H groups in total. The fraction of sp³-hybridized carbons (Fsp3) is 0.167. The van der Waals surface area contributed by atoms with Crippen LogP contribution < -0.4 is 0 Å². The lowest BCUT2D eigenvalue weighted by Crippen LogP contribution is -2.12. The number of para-hydroxylation sites is 1. The minimum Gasteiger partial charge on any atom is -0.455 e. The summed E-state index contributed by atoms with van der Waals surface area (Å²) in [5.74, 6) is 0.926. The van der Waals surface area contributed by atoms with Gasteiger partial charge in [0.1, 0.15) is 11.3 Å². The number of benzene rings is 3. The summed E-state index contributed by atoms with van der Waals surface area (Å²) < 4.78 is 7.43. The second-order valence-electron chi connectivity index (χ2n) is 9.74. The number of aryl methyl sites for hydroxylation is 1. The van der Waals surface area contributed by atoms with E-state index in [9.17, 15) is 0 Å². The molecular formula is C30H25NOS. The third-order valence-corrected chi connectivity index (χ3v) is 7.77. The summed E-state index contributed by atoms with van der Waals surface area (Å²) in [5, 5.41) is 4.94. The maximum Gasteiger partial charge on any atom is 0.145 e. The molecule has 0 atom stereocenters. The minimum atomic E-state index is 0.0360. The first-order chi connectivity index (χ1) is 15.9. The largest absolute Gasteiger partial charge is 0.455 e. The molecule has 0 aliphatic rings. The first-order valence-electron chi connectivity index (χ1n) is 11.3. The molecular weight excluding hydrogens is 422 g/mol. The van der Waals surface area contributed by atoms with Crippen LogP contribution in [0.4, 0.5) is 0 Å². The number of hydrogen-bond donors (Lipinski definition) is 0. The van der Waals surface area contributed by atoms with Crippen LogP contribution in [0.25, 0.3) is 53.7 Å². The molecule has 3 heteroatoms. The van der Waals surface area contributed by atoms with Crippen LogP contribution in [0.5, 0.6) is 0 Å². The molecule has 0 aliphatic heterocycles. The van der Waals surface area contributed by atoms with Crippen molar-refractivity contribution in [1.82, 2.24) is 4.98 Å². The van der Waals surface area contributed by atoms with Gasteiger partial charge in [-0.15, -0.1) is 11.3 Å². The number of rotatable bonds is 2. The maximum absolute atomic E-state index is 6.22. The molecule has 0 spiro atoms. The molecule has 6 aromatic rings. The predicted molar refractivity (Wildman–Crippen MR) is 141 cm³/mol. The van der Waals surface area contributed by atoms with Crippen molar-refractivity contribution in [2.45, 2.75) is 33.1 Å². The smallest absolute Gasteiger partial charge is 0.145 e. The second kappa shape index (κ2) is 7.29. The zero-order valence-electron chi connectivity index (χ0n) is 19.3. The Labute approximate surface area is 197 Å². The molecule has 0 fully saturated rings. The van der Waals surface area contributed by atoms with E-state index >= 15 is 0 Å². The van der Waals surface area contributed by atoms with Crippen molar-refractivity contribution in [2.24, 2.45) is 0 Å². The number of hydrogen-bond acceptors (Lipinski definition) is 3. The van der Waals surface area contributed by atoms with E-state index in [0.29, 0.717) is 0 Å². The van der Waals surface area contributed by atoms with Gasteiger partial charge < -0.3 is 4.42 Å². The van der Waals surface area contributed by atoms with Crippen molar-refractivity contribution in [1.29, 1.82) is 0 Å². The van der Waals surface area contributed by atoms with Gasteiger partial charge in [0, 0.05) is 17.1 Å². The number of fused-ring (bicyclic) bond motifs is 3.